The van der Waals surface area contributed by atoms with E-state index < -0.39 is 0 Å². The van der Waals surface area contributed by atoms with Gasteiger partial charge in [0.05, 0.1) is 11.4 Å². The lowest BCUT2D eigenvalue weighted by Gasteiger charge is -2.18. The highest BCUT2D eigenvalue weighted by atomic mass is 32.1. The van der Waals surface area contributed by atoms with Crippen molar-refractivity contribution in [3.8, 4) is 5.75 Å². The first kappa shape index (κ1) is 19.0. The van der Waals surface area contributed by atoms with E-state index in [1.807, 2.05) is 42.6 Å². The Hall–Kier alpha value is -2.34. The molecule has 0 aliphatic heterocycles. The monoisotopic (exact) mass is 360 g/mol. The quantitative estimate of drug-likeness (QED) is 0.699. The second-order valence-corrected chi connectivity index (χ2v) is 6.71. The number of benzene rings is 1. The van der Waals surface area contributed by atoms with Crippen LogP contribution in [0.15, 0.2) is 41.8 Å². The van der Waals surface area contributed by atoms with Gasteiger partial charge in [0.1, 0.15) is 12.4 Å². The van der Waals surface area contributed by atoms with Gasteiger partial charge in [-0.2, -0.15) is 0 Å². The molecule has 5 nitrogen and oxygen atoms in total. The third kappa shape index (κ3) is 6.23. The molecule has 134 valence electrons. The summed E-state index contributed by atoms with van der Waals surface area (Å²) >= 11 is 1.41. The number of likely N-dealkylation sites (N-methyl/N-ethyl adjacent to an activating group) is 1. The zero-order valence-corrected chi connectivity index (χ0v) is 15.5. The van der Waals surface area contributed by atoms with E-state index in [-0.39, 0.29) is 11.8 Å². The maximum atomic E-state index is 12.1. The molecule has 0 saturated carbocycles. The maximum absolute atomic E-state index is 12.1. The number of aryl methyl sites for hydroxylation is 1. The average Bonchev–Trinajstić information content (AvgIpc) is 3.14. The minimum absolute atomic E-state index is 0.0544. The first-order chi connectivity index (χ1) is 12.1. The van der Waals surface area contributed by atoms with E-state index in [1.54, 1.807) is 18.0 Å². The third-order valence-electron chi connectivity index (χ3n) is 3.80. The SMILES string of the molecule is Cc1ccccc1OCCN(C)C(=O)CCCNC(=O)c1cccs1. The average molecular weight is 360 g/mol. The van der Waals surface area contributed by atoms with Crippen LogP contribution in [0.1, 0.15) is 28.1 Å². The van der Waals surface area contributed by atoms with Crippen LogP contribution < -0.4 is 10.1 Å². The van der Waals surface area contributed by atoms with Crippen LogP contribution in [-0.4, -0.2) is 43.5 Å². The lowest BCUT2D eigenvalue weighted by molar-refractivity contribution is -0.130. The van der Waals surface area contributed by atoms with Crippen molar-refractivity contribution in [2.45, 2.75) is 19.8 Å². The van der Waals surface area contributed by atoms with E-state index in [1.165, 1.54) is 11.3 Å². The Balaban J connectivity index is 1.60. The molecular weight excluding hydrogens is 336 g/mol. The van der Waals surface area contributed by atoms with Gasteiger partial charge in [0.2, 0.25) is 5.91 Å². The molecular formula is C19H24N2O3S. The van der Waals surface area contributed by atoms with Crippen molar-refractivity contribution in [2.24, 2.45) is 0 Å². The fourth-order valence-corrected chi connectivity index (χ4v) is 2.90. The molecule has 2 amide bonds. The molecule has 6 heteroatoms. The number of nitrogens with zero attached hydrogens (tertiary/aromatic N) is 1. The summed E-state index contributed by atoms with van der Waals surface area (Å²) in [5.74, 6) is 0.820. The molecule has 0 radical (unpaired) electrons. The van der Waals surface area contributed by atoms with Gasteiger partial charge in [0.15, 0.2) is 0 Å². The first-order valence-electron chi connectivity index (χ1n) is 8.32. The first-order valence-corrected chi connectivity index (χ1v) is 9.20. The normalized spacial score (nSPS) is 10.3. The molecule has 25 heavy (non-hydrogen) atoms. The second kappa shape index (κ2) is 9.84. The van der Waals surface area contributed by atoms with E-state index in [0.717, 1.165) is 11.3 Å². The number of amides is 2. The minimum atomic E-state index is -0.0811. The smallest absolute Gasteiger partial charge is 0.261 e. The number of hydrogen-bond donors (Lipinski definition) is 1. The van der Waals surface area contributed by atoms with Gasteiger partial charge in [-0.1, -0.05) is 24.3 Å². The van der Waals surface area contributed by atoms with Crippen LogP contribution in [0.25, 0.3) is 0 Å². The summed E-state index contributed by atoms with van der Waals surface area (Å²) in [5.41, 5.74) is 1.08. The van der Waals surface area contributed by atoms with Gasteiger partial charge in [0.25, 0.3) is 5.91 Å². The Morgan fingerprint density at radius 3 is 2.72 bits per heavy atom. The summed E-state index contributed by atoms with van der Waals surface area (Å²) in [4.78, 5) is 26.2. The number of carbonyl (C=O) groups is 2. The Morgan fingerprint density at radius 2 is 2.00 bits per heavy atom. The summed E-state index contributed by atoms with van der Waals surface area (Å²) in [6.45, 7) is 3.49. The van der Waals surface area contributed by atoms with Gasteiger partial charge in [-0.15, -0.1) is 11.3 Å². The summed E-state index contributed by atoms with van der Waals surface area (Å²) in [7, 11) is 1.77. The molecule has 0 unspecified atom stereocenters. The standard InChI is InChI=1S/C19H24N2O3S/c1-15-7-3-4-8-16(15)24-13-12-21(2)18(22)10-5-11-20-19(23)17-9-6-14-25-17/h3-4,6-9,14H,5,10-13H2,1-2H3,(H,20,23). The van der Waals surface area contributed by atoms with Crippen molar-refractivity contribution in [2.75, 3.05) is 26.7 Å². The summed E-state index contributed by atoms with van der Waals surface area (Å²) < 4.78 is 5.71. The molecule has 1 N–H and O–H groups in total. The van der Waals surface area contributed by atoms with E-state index in [4.69, 9.17) is 4.74 Å². The largest absolute Gasteiger partial charge is 0.491 e. The summed E-state index contributed by atoms with van der Waals surface area (Å²) in [5, 5.41) is 4.69. The Labute approximate surface area is 152 Å². The number of ether oxygens (including phenoxy) is 1. The number of hydrogen-bond acceptors (Lipinski definition) is 4. The molecule has 1 aromatic carbocycles. The predicted molar refractivity (Wildman–Crippen MR) is 100 cm³/mol. The lowest BCUT2D eigenvalue weighted by Crippen LogP contribution is -2.31. The zero-order chi connectivity index (χ0) is 18.1. The van der Waals surface area contributed by atoms with E-state index >= 15 is 0 Å². The molecule has 0 spiro atoms. The molecule has 1 aromatic heterocycles. The topological polar surface area (TPSA) is 58.6 Å². The molecule has 0 saturated heterocycles. The number of carbonyl (C=O) groups excluding carboxylic acids is 2. The van der Waals surface area contributed by atoms with E-state index in [9.17, 15) is 9.59 Å². The molecule has 0 aliphatic rings. The third-order valence-corrected chi connectivity index (χ3v) is 4.67. The van der Waals surface area contributed by atoms with Crippen LogP contribution in [0.2, 0.25) is 0 Å². The van der Waals surface area contributed by atoms with Gasteiger partial charge >= 0.3 is 0 Å². The molecule has 0 fully saturated rings. The lowest BCUT2D eigenvalue weighted by atomic mass is 10.2. The molecule has 0 aliphatic carbocycles. The van der Waals surface area contributed by atoms with Gasteiger partial charge in [-0.05, 0) is 36.4 Å². The van der Waals surface area contributed by atoms with Crippen LogP contribution in [0, 0.1) is 6.92 Å². The molecule has 2 rings (SSSR count). The maximum Gasteiger partial charge on any atom is 0.261 e. The van der Waals surface area contributed by atoms with Crippen molar-refractivity contribution in [1.82, 2.24) is 10.2 Å². The Morgan fingerprint density at radius 1 is 1.20 bits per heavy atom. The number of thiophene rings is 1. The van der Waals surface area contributed by atoms with Crippen molar-refractivity contribution < 1.29 is 14.3 Å². The van der Waals surface area contributed by atoms with Gasteiger partial charge < -0.3 is 15.0 Å². The molecule has 0 atom stereocenters. The summed E-state index contributed by atoms with van der Waals surface area (Å²) in [6, 6.07) is 11.4. The van der Waals surface area contributed by atoms with Crippen molar-refractivity contribution in [3.05, 3.63) is 52.2 Å². The van der Waals surface area contributed by atoms with Crippen molar-refractivity contribution >= 4 is 23.2 Å². The van der Waals surface area contributed by atoms with E-state index in [0.29, 0.717) is 37.4 Å². The number of para-hydroxylation sites is 1. The summed E-state index contributed by atoms with van der Waals surface area (Å²) in [6.07, 6.45) is 1.03. The fraction of sp³-hybridized carbons (Fsp3) is 0.368. The van der Waals surface area contributed by atoms with Gasteiger partial charge in [-0.25, -0.2) is 0 Å². The van der Waals surface area contributed by atoms with Gasteiger partial charge in [-0.3, -0.25) is 9.59 Å². The Bertz CT molecular complexity index is 686. The minimum Gasteiger partial charge on any atom is -0.491 e. The molecule has 2 aromatic rings. The van der Waals surface area contributed by atoms with Gasteiger partial charge in [0, 0.05) is 20.0 Å². The number of nitrogens with one attached hydrogen (secondary N) is 1. The second-order valence-electron chi connectivity index (χ2n) is 5.77. The highest BCUT2D eigenvalue weighted by molar-refractivity contribution is 7.12. The Kier molecular flexibility index (Phi) is 7.47. The highest BCUT2D eigenvalue weighted by Gasteiger charge is 2.10. The highest BCUT2D eigenvalue weighted by Crippen LogP contribution is 2.15. The van der Waals surface area contributed by atoms with Crippen LogP contribution in [0.3, 0.4) is 0 Å². The van der Waals surface area contributed by atoms with Crippen LogP contribution in [-0.2, 0) is 4.79 Å². The fourth-order valence-electron chi connectivity index (χ4n) is 2.26. The van der Waals surface area contributed by atoms with Crippen LogP contribution >= 0.6 is 11.3 Å². The van der Waals surface area contributed by atoms with Crippen molar-refractivity contribution in [1.29, 1.82) is 0 Å². The van der Waals surface area contributed by atoms with Crippen molar-refractivity contribution in [3.63, 3.8) is 0 Å². The zero-order valence-electron chi connectivity index (χ0n) is 14.7. The number of rotatable bonds is 9. The molecule has 0 bridgehead atoms. The van der Waals surface area contributed by atoms with Crippen LogP contribution in [0.5, 0.6) is 5.75 Å². The van der Waals surface area contributed by atoms with Crippen LogP contribution in [0.4, 0.5) is 0 Å². The predicted octanol–water partition coefficient (Wildman–Crippen LogP) is 3.10. The molecule has 1 heterocycles. The van der Waals surface area contributed by atoms with E-state index in [2.05, 4.69) is 5.32 Å².